The summed E-state index contributed by atoms with van der Waals surface area (Å²) in [6.07, 6.45) is 10.6. The number of aromatic nitrogens is 2. The minimum Gasteiger partial charge on any atom is -0.375 e. The van der Waals surface area contributed by atoms with Gasteiger partial charge in [0.25, 0.3) is 0 Å². The van der Waals surface area contributed by atoms with Gasteiger partial charge in [-0.1, -0.05) is 19.3 Å². The van der Waals surface area contributed by atoms with E-state index < -0.39 is 0 Å². The van der Waals surface area contributed by atoms with Gasteiger partial charge in [0, 0.05) is 31.7 Å². The van der Waals surface area contributed by atoms with E-state index in [1.54, 1.807) is 0 Å². The number of H-pyrrole nitrogens is 1. The maximum atomic E-state index is 11.8. The van der Waals surface area contributed by atoms with E-state index in [1.807, 2.05) is 42.4 Å². The third-order valence-corrected chi connectivity index (χ3v) is 4.36. The lowest BCUT2D eigenvalue weighted by atomic mass is 9.94. The molecule has 0 bridgehead atoms. The smallest absolute Gasteiger partial charge is 0.214 e. The average molecular weight is 286 g/mol. The molecule has 1 saturated carbocycles. The van der Waals surface area contributed by atoms with Crippen molar-refractivity contribution in [2.24, 2.45) is 0 Å². The van der Waals surface area contributed by atoms with E-state index >= 15 is 0 Å². The summed E-state index contributed by atoms with van der Waals surface area (Å²) in [6, 6.07) is 2.31. The number of aromatic amines is 1. The molecule has 21 heavy (non-hydrogen) atoms. The third kappa shape index (κ3) is 2.48. The zero-order valence-electron chi connectivity index (χ0n) is 12.7. The van der Waals surface area contributed by atoms with Gasteiger partial charge in [0.2, 0.25) is 6.41 Å². The molecule has 5 heteroatoms. The number of hydrogen-bond donors (Lipinski definition) is 1. The summed E-state index contributed by atoms with van der Waals surface area (Å²) in [7, 11) is 3.98. The van der Waals surface area contributed by atoms with E-state index in [0.29, 0.717) is 6.04 Å². The Morgan fingerprint density at radius 1 is 1.29 bits per heavy atom. The van der Waals surface area contributed by atoms with Crippen LogP contribution in [0.5, 0.6) is 0 Å². The Labute approximate surface area is 125 Å². The van der Waals surface area contributed by atoms with Gasteiger partial charge in [0.05, 0.1) is 17.6 Å². The molecule has 0 spiro atoms. The van der Waals surface area contributed by atoms with Crippen LogP contribution in [-0.2, 0) is 4.79 Å². The number of hydrogen-bond acceptors (Lipinski definition) is 3. The van der Waals surface area contributed by atoms with Gasteiger partial charge in [0.1, 0.15) is 5.65 Å². The molecule has 1 aliphatic rings. The van der Waals surface area contributed by atoms with E-state index in [-0.39, 0.29) is 0 Å². The molecule has 112 valence electrons. The minimum atomic E-state index is 0.301. The monoisotopic (exact) mass is 286 g/mol. The molecule has 0 aromatic carbocycles. The molecule has 1 N–H and O–H groups in total. The van der Waals surface area contributed by atoms with Gasteiger partial charge in [-0.15, -0.1) is 0 Å². The van der Waals surface area contributed by atoms with Crippen LogP contribution in [0.25, 0.3) is 11.0 Å². The van der Waals surface area contributed by atoms with Crippen molar-refractivity contribution >= 4 is 28.8 Å². The Morgan fingerprint density at radius 2 is 2.05 bits per heavy atom. The first kappa shape index (κ1) is 13.9. The van der Waals surface area contributed by atoms with Crippen molar-refractivity contribution in [2.75, 3.05) is 23.9 Å². The van der Waals surface area contributed by atoms with Crippen LogP contribution in [0.3, 0.4) is 0 Å². The SMILES string of the molecule is CN(C)c1cnc2[nH]ccc2c1N(C=O)C1CCCCC1. The molecule has 0 aliphatic heterocycles. The maximum Gasteiger partial charge on any atom is 0.214 e. The molecule has 2 heterocycles. The number of fused-ring (bicyclic) bond motifs is 1. The van der Waals surface area contributed by atoms with Crippen LogP contribution >= 0.6 is 0 Å². The largest absolute Gasteiger partial charge is 0.375 e. The molecule has 1 aliphatic carbocycles. The number of carbonyl (C=O) groups is 1. The first-order valence-corrected chi connectivity index (χ1v) is 7.59. The van der Waals surface area contributed by atoms with Gasteiger partial charge in [0.15, 0.2) is 0 Å². The standard InChI is InChI=1S/C16H22N4O/c1-19(2)14-10-18-16-13(8-9-17-16)15(14)20(11-21)12-6-4-3-5-7-12/h8-12H,3-7H2,1-2H3,(H,17,18). The second-order valence-corrected chi connectivity index (χ2v) is 5.93. The van der Waals surface area contributed by atoms with Gasteiger partial charge in [-0.3, -0.25) is 4.79 Å². The van der Waals surface area contributed by atoms with Crippen LogP contribution in [0.2, 0.25) is 0 Å². The van der Waals surface area contributed by atoms with E-state index in [9.17, 15) is 4.79 Å². The first-order valence-electron chi connectivity index (χ1n) is 7.59. The van der Waals surface area contributed by atoms with Gasteiger partial charge < -0.3 is 14.8 Å². The summed E-state index contributed by atoms with van der Waals surface area (Å²) < 4.78 is 0. The molecular weight excluding hydrogens is 264 g/mol. The quantitative estimate of drug-likeness (QED) is 0.879. The summed E-state index contributed by atoms with van der Waals surface area (Å²) in [4.78, 5) is 23.3. The molecule has 0 saturated heterocycles. The van der Waals surface area contributed by atoms with E-state index in [4.69, 9.17) is 0 Å². The fourth-order valence-corrected chi connectivity index (χ4v) is 3.26. The van der Waals surface area contributed by atoms with Gasteiger partial charge in [-0.2, -0.15) is 0 Å². The number of anilines is 2. The van der Waals surface area contributed by atoms with Crippen molar-refractivity contribution in [1.29, 1.82) is 0 Å². The third-order valence-electron chi connectivity index (χ3n) is 4.36. The van der Waals surface area contributed by atoms with Crippen molar-refractivity contribution in [3.8, 4) is 0 Å². The lowest BCUT2D eigenvalue weighted by Crippen LogP contribution is -2.36. The molecular formula is C16H22N4O. The zero-order valence-corrected chi connectivity index (χ0v) is 12.7. The highest BCUT2D eigenvalue weighted by Crippen LogP contribution is 2.37. The summed E-state index contributed by atoms with van der Waals surface area (Å²) in [5.41, 5.74) is 2.80. The van der Waals surface area contributed by atoms with E-state index in [1.165, 1.54) is 19.3 Å². The Hall–Kier alpha value is -2.04. The van der Waals surface area contributed by atoms with Crippen LogP contribution in [0.1, 0.15) is 32.1 Å². The normalized spacial score (nSPS) is 16.1. The van der Waals surface area contributed by atoms with Crippen LogP contribution in [0.4, 0.5) is 11.4 Å². The van der Waals surface area contributed by atoms with Crippen LogP contribution in [0.15, 0.2) is 18.5 Å². The number of nitrogens with zero attached hydrogens (tertiary/aromatic N) is 3. The molecule has 0 unspecified atom stereocenters. The Bertz CT molecular complexity index is 628. The molecule has 2 aromatic heterocycles. The van der Waals surface area contributed by atoms with Gasteiger partial charge in [-0.25, -0.2) is 4.98 Å². The Balaban J connectivity index is 2.12. The number of pyridine rings is 1. The average Bonchev–Trinajstić information content (AvgIpc) is 2.97. The second-order valence-electron chi connectivity index (χ2n) is 5.93. The first-order chi connectivity index (χ1) is 10.2. The predicted molar refractivity (Wildman–Crippen MR) is 85.8 cm³/mol. The number of nitrogens with one attached hydrogen (secondary N) is 1. The molecule has 3 rings (SSSR count). The van der Waals surface area contributed by atoms with E-state index in [2.05, 4.69) is 9.97 Å². The Morgan fingerprint density at radius 3 is 2.71 bits per heavy atom. The molecule has 1 fully saturated rings. The highest BCUT2D eigenvalue weighted by atomic mass is 16.1. The topological polar surface area (TPSA) is 52.2 Å². The summed E-state index contributed by atoms with van der Waals surface area (Å²) >= 11 is 0. The molecule has 0 radical (unpaired) electrons. The number of rotatable bonds is 4. The fraction of sp³-hybridized carbons (Fsp3) is 0.500. The highest BCUT2D eigenvalue weighted by molar-refractivity contribution is 6.02. The summed E-state index contributed by atoms with van der Waals surface area (Å²) in [5, 5.41) is 1.01. The molecule has 2 aromatic rings. The van der Waals surface area contributed by atoms with Crippen molar-refractivity contribution in [3.63, 3.8) is 0 Å². The lowest BCUT2D eigenvalue weighted by Gasteiger charge is -2.34. The zero-order chi connectivity index (χ0) is 14.8. The van der Waals surface area contributed by atoms with Crippen LogP contribution in [0, 0.1) is 0 Å². The summed E-state index contributed by atoms with van der Waals surface area (Å²) in [5.74, 6) is 0. The van der Waals surface area contributed by atoms with Crippen LogP contribution < -0.4 is 9.80 Å². The molecule has 1 amide bonds. The predicted octanol–water partition coefficient (Wildman–Crippen LogP) is 2.92. The molecule has 0 atom stereocenters. The van der Waals surface area contributed by atoms with Crippen molar-refractivity contribution in [2.45, 2.75) is 38.1 Å². The van der Waals surface area contributed by atoms with Gasteiger partial charge >= 0.3 is 0 Å². The minimum absolute atomic E-state index is 0.301. The van der Waals surface area contributed by atoms with Crippen molar-refractivity contribution < 1.29 is 4.79 Å². The fourth-order valence-electron chi connectivity index (χ4n) is 3.26. The maximum absolute atomic E-state index is 11.8. The number of amides is 1. The molecule has 5 nitrogen and oxygen atoms in total. The van der Waals surface area contributed by atoms with Crippen molar-refractivity contribution in [3.05, 3.63) is 18.5 Å². The summed E-state index contributed by atoms with van der Waals surface area (Å²) in [6.45, 7) is 0. The Kier molecular flexibility index (Phi) is 3.82. The second kappa shape index (κ2) is 5.76. The van der Waals surface area contributed by atoms with E-state index in [0.717, 1.165) is 41.7 Å². The number of carbonyl (C=O) groups excluding carboxylic acids is 1. The van der Waals surface area contributed by atoms with Gasteiger partial charge in [-0.05, 0) is 18.9 Å². The van der Waals surface area contributed by atoms with Crippen molar-refractivity contribution in [1.82, 2.24) is 9.97 Å². The highest BCUT2D eigenvalue weighted by Gasteiger charge is 2.25. The lowest BCUT2D eigenvalue weighted by molar-refractivity contribution is -0.108. The van der Waals surface area contributed by atoms with Crippen LogP contribution in [-0.4, -0.2) is 36.5 Å².